The minimum atomic E-state index is -0.942. The van der Waals surface area contributed by atoms with Crippen LogP contribution in [0.4, 0.5) is 0 Å². The van der Waals surface area contributed by atoms with Crippen LogP contribution in [0, 0.1) is 0 Å². The summed E-state index contributed by atoms with van der Waals surface area (Å²) in [7, 11) is 4.60. The SMILES string of the molecule is CC.COC(=O)CCC(=O)OCc1ccc2c(c1)COc1cc(COC(c3ccccc3)(c3ccc(OC)cc3)c3ccc(OC)cc3)ccc1-2. The second-order valence-electron chi connectivity index (χ2n) is 11.6. The number of methoxy groups -OCH3 is 3. The number of carbonyl (C=O) groups is 2. The van der Waals surface area contributed by atoms with E-state index in [0.717, 1.165) is 61.8 Å². The summed E-state index contributed by atoms with van der Waals surface area (Å²) in [6.07, 6.45) is -0.0276. The zero-order valence-corrected chi connectivity index (χ0v) is 29.8. The molecule has 0 atom stereocenters. The van der Waals surface area contributed by atoms with Crippen molar-refractivity contribution in [2.45, 2.75) is 52.1 Å². The topological polar surface area (TPSA) is 89.5 Å². The van der Waals surface area contributed by atoms with Gasteiger partial charge in [0.2, 0.25) is 0 Å². The molecular formula is C43H44O8. The Labute approximate surface area is 299 Å². The maximum Gasteiger partial charge on any atom is 0.306 e. The molecule has 6 rings (SSSR count). The van der Waals surface area contributed by atoms with E-state index in [1.165, 1.54) is 7.11 Å². The van der Waals surface area contributed by atoms with E-state index >= 15 is 0 Å². The lowest BCUT2D eigenvalue weighted by Gasteiger charge is -2.36. The van der Waals surface area contributed by atoms with Crippen LogP contribution in [0.5, 0.6) is 17.2 Å². The zero-order valence-electron chi connectivity index (χ0n) is 29.8. The molecule has 0 aliphatic carbocycles. The molecule has 0 aromatic heterocycles. The van der Waals surface area contributed by atoms with Gasteiger partial charge in [0.1, 0.15) is 36.1 Å². The second-order valence-corrected chi connectivity index (χ2v) is 11.6. The molecule has 1 aliphatic rings. The lowest BCUT2D eigenvalue weighted by Crippen LogP contribution is -2.32. The predicted molar refractivity (Wildman–Crippen MR) is 196 cm³/mol. The molecular weight excluding hydrogens is 644 g/mol. The first-order valence-corrected chi connectivity index (χ1v) is 17.0. The van der Waals surface area contributed by atoms with Gasteiger partial charge in [0.25, 0.3) is 0 Å². The average Bonchev–Trinajstić information content (AvgIpc) is 3.20. The van der Waals surface area contributed by atoms with E-state index in [4.69, 9.17) is 23.7 Å². The molecule has 0 unspecified atom stereocenters. The molecule has 0 amide bonds. The molecule has 51 heavy (non-hydrogen) atoms. The Kier molecular flexibility index (Phi) is 12.5. The van der Waals surface area contributed by atoms with Gasteiger partial charge in [-0.3, -0.25) is 9.59 Å². The van der Waals surface area contributed by atoms with Gasteiger partial charge in [-0.15, -0.1) is 0 Å². The van der Waals surface area contributed by atoms with Crippen LogP contribution in [0.15, 0.2) is 115 Å². The maximum atomic E-state index is 12.1. The van der Waals surface area contributed by atoms with E-state index in [-0.39, 0.29) is 19.4 Å². The maximum absolute atomic E-state index is 12.1. The molecule has 8 heteroatoms. The summed E-state index contributed by atoms with van der Waals surface area (Å²) in [5.74, 6) is 1.40. The van der Waals surface area contributed by atoms with Crippen LogP contribution in [0.25, 0.3) is 11.1 Å². The van der Waals surface area contributed by atoms with Gasteiger partial charge in [-0.1, -0.05) is 92.7 Å². The Balaban J connectivity index is 0.00000248. The van der Waals surface area contributed by atoms with E-state index in [1.54, 1.807) is 14.2 Å². The summed E-state index contributed by atoms with van der Waals surface area (Å²) < 4.78 is 34.2. The van der Waals surface area contributed by atoms with Crippen LogP contribution in [-0.4, -0.2) is 33.3 Å². The first-order valence-electron chi connectivity index (χ1n) is 17.0. The lowest BCUT2D eigenvalue weighted by atomic mass is 9.80. The van der Waals surface area contributed by atoms with Crippen molar-refractivity contribution >= 4 is 11.9 Å². The molecule has 0 bridgehead atoms. The molecule has 0 saturated heterocycles. The van der Waals surface area contributed by atoms with Crippen LogP contribution < -0.4 is 14.2 Å². The molecule has 5 aromatic rings. The van der Waals surface area contributed by atoms with Crippen molar-refractivity contribution in [3.63, 3.8) is 0 Å². The molecule has 5 aromatic carbocycles. The van der Waals surface area contributed by atoms with Crippen LogP contribution in [0.2, 0.25) is 0 Å². The van der Waals surface area contributed by atoms with Gasteiger partial charge >= 0.3 is 11.9 Å². The van der Waals surface area contributed by atoms with Gasteiger partial charge in [-0.2, -0.15) is 0 Å². The molecule has 0 N–H and O–H groups in total. The molecule has 1 heterocycles. The second kappa shape index (κ2) is 17.4. The normalized spacial score (nSPS) is 11.5. The largest absolute Gasteiger partial charge is 0.497 e. The van der Waals surface area contributed by atoms with Crippen LogP contribution in [0.3, 0.4) is 0 Å². The number of hydrogen-bond acceptors (Lipinski definition) is 8. The lowest BCUT2D eigenvalue weighted by molar-refractivity contribution is -0.149. The molecule has 0 fully saturated rings. The molecule has 8 nitrogen and oxygen atoms in total. The first kappa shape index (κ1) is 36.7. The quantitative estimate of drug-likeness (QED) is 0.0896. The van der Waals surface area contributed by atoms with Gasteiger partial charge in [-0.05, 0) is 75.3 Å². The number of hydrogen-bond donors (Lipinski definition) is 0. The highest BCUT2D eigenvalue weighted by Crippen LogP contribution is 2.43. The summed E-state index contributed by atoms with van der Waals surface area (Å²) in [4.78, 5) is 23.4. The Morgan fingerprint density at radius 1 is 0.627 bits per heavy atom. The Morgan fingerprint density at radius 3 is 1.76 bits per heavy atom. The van der Waals surface area contributed by atoms with Gasteiger partial charge in [-0.25, -0.2) is 0 Å². The highest BCUT2D eigenvalue weighted by Gasteiger charge is 2.38. The number of benzene rings is 5. The van der Waals surface area contributed by atoms with Crippen molar-refractivity contribution < 1.29 is 38.0 Å². The standard InChI is InChI=1S/C41H38O8.C2H6/c1-44-34-15-11-32(12-16-34)41(31-7-5-4-6-8-31,33-13-17-35(45-2)18-14-33)49-26-29-10-20-37-36-19-9-28(23-30(36)27-47-38(37)24-29)25-48-40(43)22-21-39(42)46-3;1-2/h4-20,23-24H,21-22,25-27H2,1-3H3;1-2H3. The molecule has 0 saturated carbocycles. The van der Waals surface area contributed by atoms with Crippen LogP contribution in [0.1, 0.15) is 60.1 Å². The number of ether oxygens (including phenoxy) is 6. The van der Waals surface area contributed by atoms with E-state index in [9.17, 15) is 9.59 Å². The van der Waals surface area contributed by atoms with Gasteiger partial charge in [0.05, 0.1) is 40.8 Å². The Bertz CT molecular complexity index is 1850. The van der Waals surface area contributed by atoms with Crippen LogP contribution in [-0.2, 0) is 49.2 Å². The van der Waals surface area contributed by atoms with Crippen molar-refractivity contribution in [2.75, 3.05) is 21.3 Å². The van der Waals surface area contributed by atoms with Gasteiger partial charge in [0.15, 0.2) is 0 Å². The monoisotopic (exact) mass is 688 g/mol. The fourth-order valence-corrected chi connectivity index (χ4v) is 6.08. The summed E-state index contributed by atoms with van der Waals surface area (Å²) >= 11 is 0. The zero-order chi connectivity index (χ0) is 36.2. The fourth-order valence-electron chi connectivity index (χ4n) is 6.08. The number of fused-ring (bicyclic) bond motifs is 3. The summed E-state index contributed by atoms with van der Waals surface area (Å²) in [6, 6.07) is 38.3. The van der Waals surface area contributed by atoms with Gasteiger partial charge < -0.3 is 28.4 Å². The minimum Gasteiger partial charge on any atom is -0.497 e. The van der Waals surface area contributed by atoms with E-state index in [2.05, 4.69) is 29.0 Å². The third kappa shape index (κ3) is 8.41. The van der Waals surface area contributed by atoms with Crippen molar-refractivity contribution in [3.8, 4) is 28.4 Å². The molecule has 0 radical (unpaired) electrons. The predicted octanol–water partition coefficient (Wildman–Crippen LogP) is 8.79. The Morgan fingerprint density at radius 2 is 1.18 bits per heavy atom. The molecule has 1 aliphatic heterocycles. The Hall–Kier alpha value is -5.60. The smallest absolute Gasteiger partial charge is 0.306 e. The van der Waals surface area contributed by atoms with Crippen molar-refractivity contribution in [1.29, 1.82) is 0 Å². The van der Waals surface area contributed by atoms with Gasteiger partial charge in [0, 0.05) is 5.56 Å². The summed E-state index contributed by atoms with van der Waals surface area (Å²) in [6.45, 7) is 4.79. The molecule has 264 valence electrons. The minimum absolute atomic E-state index is 0.00657. The third-order valence-electron chi connectivity index (χ3n) is 8.68. The first-order chi connectivity index (χ1) is 24.9. The number of rotatable bonds is 13. The van der Waals surface area contributed by atoms with Crippen molar-refractivity contribution in [2.24, 2.45) is 0 Å². The number of carbonyl (C=O) groups excluding carboxylic acids is 2. The summed E-state index contributed by atoms with van der Waals surface area (Å²) in [5, 5.41) is 0. The highest BCUT2D eigenvalue weighted by atomic mass is 16.5. The average molecular weight is 689 g/mol. The highest BCUT2D eigenvalue weighted by molar-refractivity contribution is 5.78. The third-order valence-corrected chi connectivity index (χ3v) is 8.68. The molecule has 0 spiro atoms. The fraction of sp³-hybridized carbons (Fsp3) is 0.256. The van der Waals surface area contributed by atoms with Crippen molar-refractivity contribution in [1.82, 2.24) is 0 Å². The van der Waals surface area contributed by atoms with E-state index < -0.39 is 17.5 Å². The van der Waals surface area contributed by atoms with Crippen LogP contribution >= 0.6 is 0 Å². The number of esters is 2. The van der Waals surface area contributed by atoms with Crippen molar-refractivity contribution in [3.05, 3.63) is 149 Å². The van der Waals surface area contributed by atoms with E-state index in [1.807, 2.05) is 105 Å². The summed E-state index contributed by atoms with van der Waals surface area (Å²) in [5.41, 5.74) is 6.80. The van der Waals surface area contributed by atoms with E-state index in [0.29, 0.717) is 13.2 Å².